The lowest BCUT2D eigenvalue weighted by atomic mass is 9.99. The second-order valence-corrected chi connectivity index (χ2v) is 8.39. The third-order valence-corrected chi connectivity index (χ3v) is 6.12. The van der Waals surface area contributed by atoms with Crippen LogP contribution in [0, 0.1) is 5.92 Å². The molecule has 0 saturated carbocycles. The smallest absolute Gasteiger partial charge is 0.323 e. The van der Waals surface area contributed by atoms with Gasteiger partial charge >= 0.3 is 6.03 Å². The molecule has 2 heterocycles. The van der Waals surface area contributed by atoms with Gasteiger partial charge in [0.05, 0.1) is 0 Å². The van der Waals surface area contributed by atoms with Gasteiger partial charge < -0.3 is 20.4 Å². The van der Waals surface area contributed by atoms with Crippen LogP contribution in [0.5, 0.6) is 0 Å². The molecule has 2 aromatic carbocycles. The van der Waals surface area contributed by atoms with Crippen molar-refractivity contribution in [2.75, 3.05) is 46.6 Å². The summed E-state index contributed by atoms with van der Waals surface area (Å²) in [7, 11) is 0. The Bertz CT molecular complexity index is 789. The Labute approximate surface area is 174 Å². The zero-order valence-electron chi connectivity index (χ0n) is 17.4. The second-order valence-electron chi connectivity index (χ2n) is 8.39. The molecule has 0 radical (unpaired) electrons. The third-order valence-electron chi connectivity index (χ3n) is 6.12. The number of benzene rings is 2. The number of hydrogen-bond acceptors (Lipinski definition) is 3. The highest BCUT2D eigenvalue weighted by Crippen LogP contribution is 2.25. The fraction of sp³-hybridized carbons (Fsp3) is 0.458. The largest absolute Gasteiger partial charge is 0.372 e. The summed E-state index contributed by atoms with van der Waals surface area (Å²) in [5.41, 5.74) is 4.08. The van der Waals surface area contributed by atoms with E-state index in [1.807, 2.05) is 24.3 Å². The maximum Gasteiger partial charge on any atom is 0.323 e. The van der Waals surface area contributed by atoms with Gasteiger partial charge in [0.1, 0.15) is 0 Å². The molecule has 0 spiro atoms. The SMILES string of the molecule is CC1CCN(c2ccc(NC(=O)Nc3ccc(N4CCCCC4)cc3)cc2)CC1. The van der Waals surface area contributed by atoms with Crippen LogP contribution in [0.4, 0.5) is 27.5 Å². The summed E-state index contributed by atoms with van der Waals surface area (Å²) in [6.45, 7) is 6.80. The molecule has 2 aromatic rings. The van der Waals surface area contributed by atoms with Crippen LogP contribution in [-0.2, 0) is 0 Å². The highest BCUT2D eigenvalue weighted by atomic mass is 16.2. The molecule has 5 heteroatoms. The van der Waals surface area contributed by atoms with E-state index < -0.39 is 0 Å². The van der Waals surface area contributed by atoms with Crippen LogP contribution in [0.15, 0.2) is 48.5 Å². The standard InChI is InChI=1S/C24H32N4O/c1-19-13-17-28(18-14-19)23-11-7-21(8-12-23)26-24(29)25-20-5-9-22(10-6-20)27-15-3-2-4-16-27/h5-12,19H,2-4,13-18H2,1H3,(H2,25,26,29). The Morgan fingerprint density at radius 3 is 1.66 bits per heavy atom. The molecule has 29 heavy (non-hydrogen) atoms. The van der Waals surface area contributed by atoms with Crippen molar-refractivity contribution in [2.24, 2.45) is 5.92 Å². The lowest BCUT2D eigenvalue weighted by Gasteiger charge is -2.32. The molecule has 2 aliphatic heterocycles. The molecule has 0 bridgehead atoms. The molecular formula is C24H32N4O. The summed E-state index contributed by atoms with van der Waals surface area (Å²) < 4.78 is 0. The van der Waals surface area contributed by atoms with Crippen molar-refractivity contribution < 1.29 is 4.79 Å². The molecule has 2 amide bonds. The van der Waals surface area contributed by atoms with E-state index in [9.17, 15) is 4.79 Å². The molecule has 5 nitrogen and oxygen atoms in total. The number of anilines is 4. The Morgan fingerprint density at radius 1 is 0.724 bits per heavy atom. The van der Waals surface area contributed by atoms with Crippen LogP contribution in [0.25, 0.3) is 0 Å². The molecule has 2 saturated heterocycles. The minimum Gasteiger partial charge on any atom is -0.372 e. The molecular weight excluding hydrogens is 360 g/mol. The van der Waals surface area contributed by atoms with E-state index in [1.165, 1.54) is 43.5 Å². The molecule has 0 aromatic heterocycles. The fourth-order valence-electron chi connectivity index (χ4n) is 4.22. The van der Waals surface area contributed by atoms with Gasteiger partial charge in [0.15, 0.2) is 0 Å². The van der Waals surface area contributed by atoms with Crippen LogP contribution < -0.4 is 20.4 Å². The average Bonchev–Trinajstić information content (AvgIpc) is 2.76. The summed E-state index contributed by atoms with van der Waals surface area (Å²) in [4.78, 5) is 17.2. The van der Waals surface area contributed by atoms with Crippen LogP contribution in [0.1, 0.15) is 39.0 Å². The summed E-state index contributed by atoms with van der Waals surface area (Å²) in [6, 6.07) is 16.1. The Balaban J connectivity index is 1.29. The molecule has 0 unspecified atom stereocenters. The average molecular weight is 393 g/mol. The van der Waals surface area contributed by atoms with Crippen molar-refractivity contribution in [3.8, 4) is 0 Å². The first-order chi connectivity index (χ1) is 14.2. The summed E-state index contributed by atoms with van der Waals surface area (Å²) in [6.07, 6.45) is 6.35. The number of carbonyl (C=O) groups is 1. The zero-order valence-corrected chi connectivity index (χ0v) is 17.4. The number of piperidine rings is 2. The first kappa shape index (κ1) is 19.6. The predicted molar refractivity (Wildman–Crippen MR) is 122 cm³/mol. The zero-order chi connectivity index (χ0) is 20.1. The van der Waals surface area contributed by atoms with E-state index in [4.69, 9.17) is 0 Å². The van der Waals surface area contributed by atoms with Crippen LogP contribution in [0.2, 0.25) is 0 Å². The van der Waals surface area contributed by atoms with Gasteiger partial charge in [0.2, 0.25) is 0 Å². The normalized spacial score (nSPS) is 17.8. The number of nitrogens with one attached hydrogen (secondary N) is 2. The van der Waals surface area contributed by atoms with Crippen molar-refractivity contribution in [3.63, 3.8) is 0 Å². The van der Waals surface area contributed by atoms with E-state index in [0.717, 1.165) is 43.5 Å². The van der Waals surface area contributed by atoms with Gasteiger partial charge in [0, 0.05) is 48.9 Å². The van der Waals surface area contributed by atoms with Crippen molar-refractivity contribution in [3.05, 3.63) is 48.5 Å². The van der Waals surface area contributed by atoms with Gasteiger partial charge in [-0.2, -0.15) is 0 Å². The highest BCUT2D eigenvalue weighted by molar-refractivity contribution is 5.99. The Hall–Kier alpha value is -2.69. The molecule has 2 N–H and O–H groups in total. The molecule has 2 aliphatic rings. The number of urea groups is 1. The molecule has 154 valence electrons. The van der Waals surface area contributed by atoms with Gasteiger partial charge in [-0.1, -0.05) is 6.92 Å². The molecule has 0 aliphatic carbocycles. The monoisotopic (exact) mass is 392 g/mol. The summed E-state index contributed by atoms with van der Waals surface area (Å²) in [5.74, 6) is 0.824. The van der Waals surface area contributed by atoms with Crippen LogP contribution in [-0.4, -0.2) is 32.2 Å². The van der Waals surface area contributed by atoms with Gasteiger partial charge in [-0.05, 0) is 86.6 Å². The van der Waals surface area contributed by atoms with Gasteiger partial charge in [-0.15, -0.1) is 0 Å². The molecule has 4 rings (SSSR count). The Kier molecular flexibility index (Phi) is 6.23. The summed E-state index contributed by atoms with van der Waals surface area (Å²) in [5, 5.41) is 5.85. The van der Waals surface area contributed by atoms with E-state index in [0.29, 0.717) is 0 Å². The number of nitrogens with zero attached hydrogens (tertiary/aromatic N) is 2. The minimum atomic E-state index is -0.213. The minimum absolute atomic E-state index is 0.213. The Morgan fingerprint density at radius 2 is 1.17 bits per heavy atom. The van der Waals surface area contributed by atoms with Crippen molar-refractivity contribution in [2.45, 2.75) is 39.0 Å². The van der Waals surface area contributed by atoms with Gasteiger partial charge in [-0.3, -0.25) is 0 Å². The van der Waals surface area contributed by atoms with Crippen molar-refractivity contribution >= 4 is 28.8 Å². The third kappa shape index (κ3) is 5.22. The number of carbonyl (C=O) groups excluding carboxylic acids is 1. The number of hydrogen-bond donors (Lipinski definition) is 2. The van der Waals surface area contributed by atoms with Gasteiger partial charge in [0.25, 0.3) is 0 Å². The number of amides is 2. The van der Waals surface area contributed by atoms with Crippen LogP contribution in [0.3, 0.4) is 0 Å². The van der Waals surface area contributed by atoms with Crippen molar-refractivity contribution in [1.82, 2.24) is 0 Å². The highest BCUT2D eigenvalue weighted by Gasteiger charge is 2.16. The maximum atomic E-state index is 12.3. The first-order valence-corrected chi connectivity index (χ1v) is 11.0. The number of rotatable bonds is 4. The van der Waals surface area contributed by atoms with Crippen molar-refractivity contribution in [1.29, 1.82) is 0 Å². The molecule has 0 atom stereocenters. The first-order valence-electron chi connectivity index (χ1n) is 11.0. The topological polar surface area (TPSA) is 47.6 Å². The van der Waals surface area contributed by atoms with Gasteiger partial charge in [-0.25, -0.2) is 4.79 Å². The quantitative estimate of drug-likeness (QED) is 0.716. The lowest BCUT2D eigenvalue weighted by Crippen LogP contribution is -2.32. The maximum absolute atomic E-state index is 12.3. The van der Waals surface area contributed by atoms with E-state index in [1.54, 1.807) is 0 Å². The predicted octanol–water partition coefficient (Wildman–Crippen LogP) is 5.56. The van der Waals surface area contributed by atoms with E-state index in [-0.39, 0.29) is 6.03 Å². The fourth-order valence-corrected chi connectivity index (χ4v) is 4.22. The van der Waals surface area contributed by atoms with Crippen LogP contribution >= 0.6 is 0 Å². The second kappa shape index (κ2) is 9.21. The van der Waals surface area contributed by atoms with E-state index in [2.05, 4.69) is 51.6 Å². The van der Waals surface area contributed by atoms with E-state index >= 15 is 0 Å². The summed E-state index contributed by atoms with van der Waals surface area (Å²) >= 11 is 0. The molecule has 2 fully saturated rings. The lowest BCUT2D eigenvalue weighted by molar-refractivity contribution is 0.262.